The van der Waals surface area contributed by atoms with Crippen molar-refractivity contribution in [3.63, 3.8) is 0 Å². The zero-order chi connectivity index (χ0) is 21.1. The summed E-state index contributed by atoms with van der Waals surface area (Å²) in [5.41, 5.74) is 1.68. The maximum Gasteiger partial charge on any atom is 0.253 e. The number of benzene rings is 2. The Labute approximate surface area is 177 Å². The predicted octanol–water partition coefficient (Wildman–Crippen LogP) is 3.18. The van der Waals surface area contributed by atoms with Gasteiger partial charge in [0.25, 0.3) is 5.91 Å². The van der Waals surface area contributed by atoms with Crippen LogP contribution in [0, 0.1) is 5.92 Å². The summed E-state index contributed by atoms with van der Waals surface area (Å²) in [6.45, 7) is 2.60. The second-order valence-electron chi connectivity index (χ2n) is 7.96. The Bertz CT molecular complexity index is 888. The lowest BCUT2D eigenvalue weighted by Gasteiger charge is -2.24. The number of hydrogen-bond acceptors (Lipinski definition) is 4. The Morgan fingerprint density at radius 1 is 0.800 bits per heavy atom. The van der Waals surface area contributed by atoms with E-state index in [9.17, 15) is 9.59 Å². The molecule has 2 aliphatic rings. The molecular formula is C24H28N2O4. The van der Waals surface area contributed by atoms with Gasteiger partial charge >= 0.3 is 0 Å². The van der Waals surface area contributed by atoms with Gasteiger partial charge in [-0.2, -0.15) is 0 Å². The molecule has 0 radical (unpaired) electrons. The molecule has 158 valence electrons. The molecule has 2 unspecified atom stereocenters. The smallest absolute Gasteiger partial charge is 0.253 e. The highest BCUT2D eigenvalue weighted by atomic mass is 16.5. The molecule has 6 nitrogen and oxygen atoms in total. The van der Waals surface area contributed by atoms with E-state index in [1.54, 1.807) is 38.5 Å². The van der Waals surface area contributed by atoms with Crippen LogP contribution in [0.25, 0.3) is 0 Å². The maximum absolute atomic E-state index is 13.3. The largest absolute Gasteiger partial charge is 0.497 e. The summed E-state index contributed by atoms with van der Waals surface area (Å²) in [6, 6.07) is 15.0. The first-order chi connectivity index (χ1) is 14.6. The molecule has 30 heavy (non-hydrogen) atoms. The van der Waals surface area contributed by atoms with Crippen molar-refractivity contribution < 1.29 is 19.1 Å². The van der Waals surface area contributed by atoms with Gasteiger partial charge in [-0.3, -0.25) is 9.59 Å². The molecule has 0 spiro atoms. The first-order valence-corrected chi connectivity index (χ1v) is 10.5. The molecule has 0 N–H and O–H groups in total. The van der Waals surface area contributed by atoms with Crippen LogP contribution in [-0.4, -0.2) is 62.0 Å². The van der Waals surface area contributed by atoms with E-state index in [0.29, 0.717) is 24.4 Å². The van der Waals surface area contributed by atoms with Crippen molar-refractivity contribution in [2.75, 3.05) is 40.4 Å². The molecule has 0 aromatic heterocycles. The van der Waals surface area contributed by atoms with Crippen LogP contribution in [0.5, 0.6) is 11.5 Å². The van der Waals surface area contributed by atoms with Gasteiger partial charge in [0.1, 0.15) is 11.5 Å². The molecule has 2 amide bonds. The molecule has 2 atom stereocenters. The van der Waals surface area contributed by atoms with Gasteiger partial charge in [0, 0.05) is 37.7 Å². The van der Waals surface area contributed by atoms with E-state index >= 15 is 0 Å². The van der Waals surface area contributed by atoms with Crippen LogP contribution < -0.4 is 9.47 Å². The first-order valence-electron chi connectivity index (χ1n) is 10.5. The normalized spacial score (nSPS) is 21.0. The third-order valence-electron chi connectivity index (χ3n) is 6.22. The molecule has 2 aromatic rings. The molecule has 2 aromatic carbocycles. The molecule has 2 heterocycles. The summed E-state index contributed by atoms with van der Waals surface area (Å²) < 4.78 is 10.5. The first kappa shape index (κ1) is 20.3. The average molecular weight is 408 g/mol. The lowest BCUT2D eigenvalue weighted by atomic mass is 9.88. The van der Waals surface area contributed by atoms with Crippen molar-refractivity contribution in [1.82, 2.24) is 9.80 Å². The second-order valence-corrected chi connectivity index (χ2v) is 7.96. The standard InChI is InChI=1S/C24H28N2O4/c1-29-19-9-5-17(6-10-19)21-15-26(16-22(21)24(28)25-13-3-4-14-25)23(27)18-7-11-20(30-2)12-8-18/h5-12,21-22H,3-4,13-16H2,1-2H3. The zero-order valence-corrected chi connectivity index (χ0v) is 17.5. The molecule has 0 aliphatic carbocycles. The predicted molar refractivity (Wildman–Crippen MR) is 114 cm³/mol. The van der Waals surface area contributed by atoms with E-state index in [-0.39, 0.29) is 23.7 Å². The Kier molecular flexibility index (Phi) is 5.93. The zero-order valence-electron chi connectivity index (χ0n) is 17.5. The Balaban J connectivity index is 1.58. The highest BCUT2D eigenvalue weighted by molar-refractivity contribution is 5.95. The van der Waals surface area contributed by atoms with Crippen molar-refractivity contribution in [2.24, 2.45) is 5.92 Å². The minimum Gasteiger partial charge on any atom is -0.497 e. The number of nitrogens with zero attached hydrogens (tertiary/aromatic N) is 2. The molecule has 0 bridgehead atoms. The third kappa shape index (κ3) is 3.99. The molecule has 2 saturated heterocycles. The van der Waals surface area contributed by atoms with E-state index in [4.69, 9.17) is 9.47 Å². The Morgan fingerprint density at radius 3 is 1.93 bits per heavy atom. The molecule has 4 rings (SSSR count). The van der Waals surface area contributed by atoms with Crippen LogP contribution in [0.3, 0.4) is 0 Å². The number of amides is 2. The van der Waals surface area contributed by atoms with Gasteiger partial charge in [-0.1, -0.05) is 12.1 Å². The van der Waals surface area contributed by atoms with E-state index < -0.39 is 0 Å². The van der Waals surface area contributed by atoms with Gasteiger partial charge in [0.15, 0.2) is 0 Å². The van der Waals surface area contributed by atoms with Crippen LogP contribution >= 0.6 is 0 Å². The van der Waals surface area contributed by atoms with E-state index in [2.05, 4.69) is 0 Å². The third-order valence-corrected chi connectivity index (χ3v) is 6.22. The van der Waals surface area contributed by atoms with Gasteiger partial charge in [-0.05, 0) is 54.8 Å². The van der Waals surface area contributed by atoms with E-state index in [1.165, 1.54) is 0 Å². The highest BCUT2D eigenvalue weighted by Gasteiger charge is 2.42. The Morgan fingerprint density at radius 2 is 1.37 bits per heavy atom. The van der Waals surface area contributed by atoms with Crippen molar-refractivity contribution in [3.8, 4) is 11.5 Å². The van der Waals surface area contributed by atoms with Gasteiger partial charge in [0.05, 0.1) is 20.1 Å². The topological polar surface area (TPSA) is 59.1 Å². The molecule has 0 saturated carbocycles. The van der Waals surface area contributed by atoms with Crippen molar-refractivity contribution >= 4 is 11.8 Å². The SMILES string of the molecule is COc1ccc(C(=O)N2CC(C(=O)N3CCCC3)C(c3ccc(OC)cc3)C2)cc1. The fourth-order valence-corrected chi connectivity index (χ4v) is 4.50. The van der Waals surface area contributed by atoms with E-state index in [1.807, 2.05) is 34.1 Å². The summed E-state index contributed by atoms with van der Waals surface area (Å²) in [4.78, 5) is 30.2. The summed E-state index contributed by atoms with van der Waals surface area (Å²) in [7, 11) is 3.24. The lowest BCUT2D eigenvalue weighted by molar-refractivity contribution is -0.134. The van der Waals surface area contributed by atoms with Crippen LogP contribution in [-0.2, 0) is 4.79 Å². The van der Waals surface area contributed by atoms with Crippen LogP contribution in [0.2, 0.25) is 0 Å². The fourth-order valence-electron chi connectivity index (χ4n) is 4.50. The molecule has 2 fully saturated rings. The number of rotatable bonds is 5. The molecular weight excluding hydrogens is 380 g/mol. The second kappa shape index (κ2) is 8.78. The minimum atomic E-state index is -0.223. The van der Waals surface area contributed by atoms with Crippen LogP contribution in [0.1, 0.15) is 34.7 Å². The quantitative estimate of drug-likeness (QED) is 0.763. The summed E-state index contributed by atoms with van der Waals surface area (Å²) in [5, 5.41) is 0. The van der Waals surface area contributed by atoms with Crippen molar-refractivity contribution in [2.45, 2.75) is 18.8 Å². The average Bonchev–Trinajstić information content (AvgIpc) is 3.49. The minimum absolute atomic E-state index is 0.0220. The van der Waals surface area contributed by atoms with Crippen molar-refractivity contribution in [3.05, 3.63) is 59.7 Å². The summed E-state index contributed by atoms with van der Waals surface area (Å²) in [6.07, 6.45) is 2.11. The van der Waals surface area contributed by atoms with E-state index in [0.717, 1.165) is 37.2 Å². The number of methoxy groups -OCH3 is 2. The molecule has 6 heteroatoms. The van der Waals surface area contributed by atoms with Gasteiger partial charge in [-0.25, -0.2) is 0 Å². The molecule has 2 aliphatic heterocycles. The number of likely N-dealkylation sites (tertiary alicyclic amines) is 2. The maximum atomic E-state index is 13.3. The summed E-state index contributed by atoms with van der Waals surface area (Å²) >= 11 is 0. The fraction of sp³-hybridized carbons (Fsp3) is 0.417. The van der Waals surface area contributed by atoms with Gasteiger partial charge in [0.2, 0.25) is 5.91 Å². The van der Waals surface area contributed by atoms with Crippen molar-refractivity contribution in [1.29, 1.82) is 0 Å². The van der Waals surface area contributed by atoms with Gasteiger partial charge in [-0.15, -0.1) is 0 Å². The Hall–Kier alpha value is -3.02. The van der Waals surface area contributed by atoms with Crippen LogP contribution in [0.4, 0.5) is 0 Å². The number of carbonyl (C=O) groups is 2. The number of carbonyl (C=O) groups excluding carboxylic acids is 2. The highest BCUT2D eigenvalue weighted by Crippen LogP contribution is 2.36. The number of ether oxygens (including phenoxy) is 2. The lowest BCUT2D eigenvalue weighted by Crippen LogP contribution is -2.37. The summed E-state index contributed by atoms with van der Waals surface area (Å²) in [5.74, 6) is 1.37. The van der Waals surface area contributed by atoms with Gasteiger partial charge < -0.3 is 19.3 Å². The van der Waals surface area contributed by atoms with Crippen LogP contribution in [0.15, 0.2) is 48.5 Å². The monoisotopic (exact) mass is 408 g/mol. The number of hydrogen-bond donors (Lipinski definition) is 0.